The molecule has 5 nitrogen and oxygen atoms in total. The molecule has 0 atom stereocenters. The summed E-state index contributed by atoms with van der Waals surface area (Å²) in [5.74, 6) is 2.56. The first-order valence-electron chi connectivity index (χ1n) is 16.0. The van der Waals surface area contributed by atoms with E-state index in [0.29, 0.717) is 61.4 Å². The van der Waals surface area contributed by atoms with E-state index >= 15 is 0 Å². The maximum atomic E-state index is 11.1. The molecule has 1 N–H and O–H groups in total. The average Bonchev–Trinajstić information content (AvgIpc) is 3.14. The molecule has 0 aromatic heterocycles. The molecule has 0 aliphatic rings. The zero-order valence-electron chi connectivity index (χ0n) is 26.7. The van der Waals surface area contributed by atoms with Gasteiger partial charge < -0.3 is 24.1 Å². The molecule has 0 amide bonds. The van der Waals surface area contributed by atoms with E-state index in [2.05, 4.69) is 0 Å². The van der Waals surface area contributed by atoms with Gasteiger partial charge in [0.25, 0.3) is 0 Å². The molecule has 6 aromatic rings. The first-order chi connectivity index (χ1) is 23.7. The lowest BCUT2D eigenvalue weighted by molar-refractivity contribution is 0.256. The highest BCUT2D eigenvalue weighted by Crippen LogP contribution is 2.36. The Morgan fingerprint density at radius 1 is 0.438 bits per heavy atom. The van der Waals surface area contributed by atoms with Gasteiger partial charge in [0, 0.05) is 17.7 Å². The lowest BCUT2D eigenvalue weighted by atomic mass is 10.1. The van der Waals surface area contributed by atoms with Crippen molar-refractivity contribution in [1.82, 2.24) is 0 Å². The second-order valence-corrected chi connectivity index (χ2v) is 11.3. The van der Waals surface area contributed by atoms with Crippen molar-refractivity contribution in [1.29, 1.82) is 0 Å². The van der Waals surface area contributed by atoms with Crippen molar-refractivity contribution in [2.75, 3.05) is 0 Å². The number of hydrogen-bond acceptors (Lipinski definition) is 5. The minimum Gasteiger partial charge on any atom is -0.507 e. The fourth-order valence-corrected chi connectivity index (χ4v) is 5.14. The van der Waals surface area contributed by atoms with E-state index in [4.69, 9.17) is 18.9 Å². The molecule has 0 saturated carbocycles. The van der Waals surface area contributed by atoms with Crippen LogP contribution < -0.4 is 18.9 Å². The van der Waals surface area contributed by atoms with E-state index in [-0.39, 0.29) is 5.75 Å². The topological polar surface area (TPSA) is 57.2 Å². The van der Waals surface area contributed by atoms with Gasteiger partial charge in [-0.1, -0.05) is 140 Å². The maximum Gasteiger partial charge on any atom is 0.162 e. The fourth-order valence-electron chi connectivity index (χ4n) is 5.14. The standard InChI is InChI=1S/C43H38O5/c44-40-27-38(45-29-34-14-5-1-6-15-34)28-42(47-31-36-18-9-3-10-19-36)39(40)23-13-22-33-24-25-41(46-30-35-16-7-2-8-17-35)43(26-33)48-32-37-20-11-4-12-21-37/h1-22,24-28,44H,23,29-32H2. The number of aromatic hydroxyl groups is 1. The molecule has 48 heavy (non-hydrogen) atoms. The first kappa shape index (κ1) is 32.0. The van der Waals surface area contributed by atoms with Crippen LogP contribution in [0.1, 0.15) is 33.4 Å². The van der Waals surface area contributed by atoms with Gasteiger partial charge in [-0.3, -0.25) is 0 Å². The largest absolute Gasteiger partial charge is 0.507 e. The van der Waals surface area contributed by atoms with Crippen molar-refractivity contribution < 1.29 is 24.1 Å². The van der Waals surface area contributed by atoms with Gasteiger partial charge in [-0.15, -0.1) is 0 Å². The second kappa shape index (κ2) is 16.6. The summed E-state index contributed by atoms with van der Waals surface area (Å²) in [5, 5.41) is 11.1. The van der Waals surface area contributed by atoms with Gasteiger partial charge in [0.2, 0.25) is 0 Å². The summed E-state index contributed by atoms with van der Waals surface area (Å²) in [4.78, 5) is 0. The zero-order chi connectivity index (χ0) is 32.8. The number of benzene rings is 6. The van der Waals surface area contributed by atoms with Crippen LogP contribution in [0.3, 0.4) is 0 Å². The molecule has 240 valence electrons. The summed E-state index contributed by atoms with van der Waals surface area (Å²) in [6, 6.07) is 49.5. The average molecular weight is 635 g/mol. The molecule has 0 fully saturated rings. The highest BCUT2D eigenvalue weighted by molar-refractivity contribution is 5.58. The normalized spacial score (nSPS) is 10.9. The maximum absolute atomic E-state index is 11.1. The van der Waals surface area contributed by atoms with Gasteiger partial charge in [0.05, 0.1) is 0 Å². The Hall–Kier alpha value is -5.94. The quantitative estimate of drug-likeness (QED) is 0.122. The molecule has 5 heteroatoms. The van der Waals surface area contributed by atoms with Crippen LogP contribution >= 0.6 is 0 Å². The molecule has 0 aliphatic heterocycles. The Morgan fingerprint density at radius 3 is 1.42 bits per heavy atom. The van der Waals surface area contributed by atoms with Crippen LogP contribution in [0.4, 0.5) is 0 Å². The minimum atomic E-state index is 0.116. The van der Waals surface area contributed by atoms with Gasteiger partial charge in [-0.05, 0) is 46.4 Å². The molecular weight excluding hydrogens is 596 g/mol. The van der Waals surface area contributed by atoms with Crippen LogP contribution in [-0.4, -0.2) is 5.11 Å². The van der Waals surface area contributed by atoms with Crippen LogP contribution in [0.5, 0.6) is 28.7 Å². The molecule has 0 radical (unpaired) electrons. The molecule has 0 saturated heterocycles. The molecular formula is C43H38O5. The molecule has 0 heterocycles. The van der Waals surface area contributed by atoms with E-state index in [0.717, 1.165) is 27.8 Å². The lowest BCUT2D eigenvalue weighted by Gasteiger charge is -2.15. The highest BCUT2D eigenvalue weighted by atomic mass is 16.5. The van der Waals surface area contributed by atoms with Crippen molar-refractivity contribution in [2.24, 2.45) is 0 Å². The third-order valence-electron chi connectivity index (χ3n) is 7.72. The Kier molecular flexibility index (Phi) is 11.1. The number of hydrogen-bond donors (Lipinski definition) is 1. The SMILES string of the molecule is Oc1cc(OCc2ccccc2)cc(OCc2ccccc2)c1CC=Cc1ccc(OCc2ccccc2)c(OCc2ccccc2)c1. The molecule has 0 spiro atoms. The van der Waals surface area contributed by atoms with E-state index < -0.39 is 0 Å². The number of ether oxygens (including phenoxy) is 4. The van der Waals surface area contributed by atoms with E-state index in [1.54, 1.807) is 6.07 Å². The Balaban J connectivity index is 1.20. The minimum absolute atomic E-state index is 0.116. The van der Waals surface area contributed by atoms with Crippen LogP contribution in [-0.2, 0) is 32.8 Å². The van der Waals surface area contributed by atoms with Crippen LogP contribution in [0.15, 0.2) is 158 Å². The van der Waals surface area contributed by atoms with Crippen LogP contribution in [0, 0.1) is 0 Å². The van der Waals surface area contributed by atoms with Gasteiger partial charge in [0.15, 0.2) is 11.5 Å². The number of allylic oxidation sites excluding steroid dienone is 1. The molecule has 0 bridgehead atoms. The predicted molar refractivity (Wildman–Crippen MR) is 190 cm³/mol. The second-order valence-electron chi connectivity index (χ2n) is 11.3. The Morgan fingerprint density at radius 2 is 0.896 bits per heavy atom. The van der Waals surface area contributed by atoms with Crippen molar-refractivity contribution in [2.45, 2.75) is 32.8 Å². The van der Waals surface area contributed by atoms with E-state index in [1.807, 2.05) is 158 Å². The predicted octanol–water partition coefficient (Wildman–Crippen LogP) is 9.96. The first-order valence-corrected chi connectivity index (χ1v) is 16.0. The molecule has 6 aromatic carbocycles. The molecule has 6 rings (SSSR count). The number of rotatable bonds is 15. The van der Waals surface area contributed by atoms with Crippen molar-refractivity contribution in [3.8, 4) is 28.7 Å². The van der Waals surface area contributed by atoms with Crippen molar-refractivity contribution in [3.63, 3.8) is 0 Å². The highest BCUT2D eigenvalue weighted by Gasteiger charge is 2.13. The van der Waals surface area contributed by atoms with Gasteiger partial charge >= 0.3 is 0 Å². The Labute approximate surface area is 282 Å². The molecule has 0 unspecified atom stereocenters. The zero-order valence-corrected chi connectivity index (χ0v) is 26.7. The lowest BCUT2D eigenvalue weighted by Crippen LogP contribution is -2.01. The Bertz CT molecular complexity index is 1890. The van der Waals surface area contributed by atoms with Crippen molar-refractivity contribution >= 4 is 6.08 Å². The third kappa shape index (κ3) is 9.30. The summed E-state index contributed by atoms with van der Waals surface area (Å²) in [5.41, 5.74) is 5.85. The summed E-state index contributed by atoms with van der Waals surface area (Å²) < 4.78 is 24.7. The monoisotopic (exact) mass is 634 g/mol. The van der Waals surface area contributed by atoms with Gasteiger partial charge in [-0.25, -0.2) is 0 Å². The summed E-state index contributed by atoms with van der Waals surface area (Å²) in [6.45, 7) is 1.61. The smallest absolute Gasteiger partial charge is 0.162 e. The van der Waals surface area contributed by atoms with Crippen molar-refractivity contribution in [3.05, 3.63) is 191 Å². The van der Waals surface area contributed by atoms with E-state index in [1.165, 1.54) is 0 Å². The number of phenolic OH excluding ortho intramolecular Hbond substituents is 1. The van der Waals surface area contributed by atoms with E-state index in [9.17, 15) is 5.11 Å². The van der Waals surface area contributed by atoms with Crippen LogP contribution in [0.25, 0.3) is 6.08 Å². The summed E-state index contributed by atoms with van der Waals surface area (Å²) >= 11 is 0. The third-order valence-corrected chi connectivity index (χ3v) is 7.72. The summed E-state index contributed by atoms with van der Waals surface area (Å²) in [7, 11) is 0. The molecule has 0 aliphatic carbocycles. The number of phenols is 1. The van der Waals surface area contributed by atoms with Gasteiger partial charge in [-0.2, -0.15) is 0 Å². The fraction of sp³-hybridized carbons (Fsp3) is 0.116. The van der Waals surface area contributed by atoms with Crippen LogP contribution in [0.2, 0.25) is 0 Å². The summed E-state index contributed by atoms with van der Waals surface area (Å²) in [6.07, 6.45) is 4.47. The van der Waals surface area contributed by atoms with Gasteiger partial charge in [0.1, 0.15) is 43.7 Å².